The maximum Gasteiger partial charge on any atom is 0.194 e. The number of aryl methyl sites for hydroxylation is 2. The molecule has 3 aromatic heterocycles. The lowest BCUT2D eigenvalue weighted by Gasteiger charge is -2.08. The molecule has 128 valence electrons. The van der Waals surface area contributed by atoms with Crippen molar-refractivity contribution < 1.29 is 0 Å². The maximum atomic E-state index is 4.65. The van der Waals surface area contributed by atoms with Crippen molar-refractivity contribution in [2.45, 2.75) is 33.5 Å². The molecule has 6 heteroatoms. The molecular weight excluding hydrogens is 330 g/mol. The SMILES string of the molecule is Cc1cn2c(CNCc3cccc(Cn4cccn4)c3)c(C)nc2s1. The highest BCUT2D eigenvalue weighted by Crippen LogP contribution is 2.20. The molecule has 0 fully saturated rings. The van der Waals surface area contributed by atoms with Gasteiger partial charge in [0.1, 0.15) is 0 Å². The van der Waals surface area contributed by atoms with Crippen LogP contribution in [0.4, 0.5) is 0 Å². The van der Waals surface area contributed by atoms with E-state index in [4.69, 9.17) is 0 Å². The largest absolute Gasteiger partial charge is 0.307 e. The Balaban J connectivity index is 1.42. The van der Waals surface area contributed by atoms with Crippen LogP contribution in [0.3, 0.4) is 0 Å². The van der Waals surface area contributed by atoms with E-state index >= 15 is 0 Å². The van der Waals surface area contributed by atoms with Gasteiger partial charge < -0.3 is 5.32 Å². The predicted molar refractivity (Wildman–Crippen MR) is 101 cm³/mol. The monoisotopic (exact) mass is 351 g/mol. The highest BCUT2D eigenvalue weighted by atomic mass is 32.1. The van der Waals surface area contributed by atoms with Gasteiger partial charge in [-0.25, -0.2) is 4.98 Å². The molecule has 1 aromatic carbocycles. The van der Waals surface area contributed by atoms with Crippen molar-refractivity contribution in [2.24, 2.45) is 0 Å². The first-order valence-corrected chi connectivity index (χ1v) is 9.20. The number of thiazole rings is 1. The average molecular weight is 351 g/mol. The first kappa shape index (κ1) is 16.1. The van der Waals surface area contributed by atoms with Crippen LogP contribution in [-0.4, -0.2) is 19.2 Å². The molecule has 0 bridgehead atoms. The topological polar surface area (TPSA) is 47.1 Å². The van der Waals surface area contributed by atoms with Crippen molar-refractivity contribution in [2.75, 3.05) is 0 Å². The first-order chi connectivity index (χ1) is 12.2. The molecule has 0 saturated heterocycles. The molecule has 0 saturated carbocycles. The molecule has 0 amide bonds. The van der Waals surface area contributed by atoms with E-state index < -0.39 is 0 Å². The van der Waals surface area contributed by atoms with E-state index in [1.54, 1.807) is 11.3 Å². The van der Waals surface area contributed by atoms with Crippen LogP contribution < -0.4 is 5.32 Å². The quantitative estimate of drug-likeness (QED) is 0.578. The number of fused-ring (bicyclic) bond motifs is 1. The number of benzene rings is 1. The van der Waals surface area contributed by atoms with Crippen LogP contribution in [0.1, 0.15) is 27.4 Å². The Kier molecular flexibility index (Phi) is 4.38. The third kappa shape index (κ3) is 3.50. The number of hydrogen-bond donors (Lipinski definition) is 1. The van der Waals surface area contributed by atoms with Gasteiger partial charge in [0, 0.05) is 36.6 Å². The van der Waals surface area contributed by atoms with Crippen LogP contribution in [0.15, 0.2) is 48.9 Å². The molecule has 5 nitrogen and oxygen atoms in total. The molecule has 4 rings (SSSR count). The van der Waals surface area contributed by atoms with E-state index in [1.807, 2.05) is 23.1 Å². The molecule has 0 unspecified atom stereocenters. The normalized spacial score (nSPS) is 11.4. The Bertz CT molecular complexity index is 981. The summed E-state index contributed by atoms with van der Waals surface area (Å²) in [4.78, 5) is 7.01. The second kappa shape index (κ2) is 6.82. The molecule has 4 aromatic rings. The minimum atomic E-state index is 0.803. The van der Waals surface area contributed by atoms with Gasteiger partial charge in [0.15, 0.2) is 4.96 Å². The van der Waals surface area contributed by atoms with Gasteiger partial charge in [0.2, 0.25) is 0 Å². The zero-order valence-corrected chi connectivity index (χ0v) is 15.3. The fraction of sp³-hybridized carbons (Fsp3) is 0.263. The third-order valence-electron chi connectivity index (χ3n) is 4.26. The first-order valence-electron chi connectivity index (χ1n) is 8.39. The van der Waals surface area contributed by atoms with Gasteiger partial charge in [-0.15, -0.1) is 11.3 Å². The third-order valence-corrected chi connectivity index (χ3v) is 5.16. The Hall–Kier alpha value is -2.44. The van der Waals surface area contributed by atoms with Crippen LogP contribution in [0, 0.1) is 13.8 Å². The van der Waals surface area contributed by atoms with Gasteiger partial charge in [0.05, 0.1) is 17.9 Å². The molecule has 0 spiro atoms. The van der Waals surface area contributed by atoms with Crippen molar-refractivity contribution in [3.8, 4) is 0 Å². The Morgan fingerprint density at radius 1 is 1.12 bits per heavy atom. The maximum absolute atomic E-state index is 4.65. The molecule has 1 N–H and O–H groups in total. The van der Waals surface area contributed by atoms with Crippen molar-refractivity contribution in [1.29, 1.82) is 0 Å². The number of nitrogens with zero attached hydrogens (tertiary/aromatic N) is 4. The second-order valence-electron chi connectivity index (χ2n) is 6.27. The van der Waals surface area contributed by atoms with E-state index in [2.05, 4.69) is 64.1 Å². The van der Waals surface area contributed by atoms with E-state index in [0.717, 1.165) is 30.3 Å². The van der Waals surface area contributed by atoms with Gasteiger partial charge in [-0.2, -0.15) is 5.10 Å². The van der Waals surface area contributed by atoms with Gasteiger partial charge >= 0.3 is 0 Å². The highest BCUT2D eigenvalue weighted by Gasteiger charge is 2.10. The summed E-state index contributed by atoms with van der Waals surface area (Å²) in [6.07, 6.45) is 5.97. The minimum Gasteiger partial charge on any atom is -0.307 e. The Morgan fingerprint density at radius 3 is 2.84 bits per heavy atom. The minimum absolute atomic E-state index is 0.803. The Labute approximate surface area is 151 Å². The lowest BCUT2D eigenvalue weighted by atomic mass is 10.1. The zero-order chi connectivity index (χ0) is 17.2. The van der Waals surface area contributed by atoms with Crippen molar-refractivity contribution in [1.82, 2.24) is 24.5 Å². The Morgan fingerprint density at radius 2 is 2.00 bits per heavy atom. The standard InChI is InChI=1S/C19H21N5S/c1-14-12-24-18(15(2)22-19(24)25-14)11-20-10-16-5-3-6-17(9-16)13-23-8-4-7-21-23/h3-9,12,20H,10-11,13H2,1-2H3. The van der Waals surface area contributed by atoms with E-state index in [1.165, 1.54) is 21.7 Å². The molecule has 3 heterocycles. The molecule has 0 aliphatic carbocycles. The number of hydrogen-bond acceptors (Lipinski definition) is 4. The smallest absolute Gasteiger partial charge is 0.194 e. The van der Waals surface area contributed by atoms with Gasteiger partial charge in [0.25, 0.3) is 0 Å². The number of aromatic nitrogens is 4. The van der Waals surface area contributed by atoms with Gasteiger partial charge in [-0.05, 0) is 31.0 Å². The van der Waals surface area contributed by atoms with Crippen molar-refractivity contribution >= 4 is 16.3 Å². The van der Waals surface area contributed by atoms with Crippen LogP contribution >= 0.6 is 11.3 Å². The number of rotatable bonds is 6. The van der Waals surface area contributed by atoms with Crippen LogP contribution in [0.25, 0.3) is 4.96 Å². The van der Waals surface area contributed by atoms with Crippen LogP contribution in [0.5, 0.6) is 0 Å². The summed E-state index contributed by atoms with van der Waals surface area (Å²) >= 11 is 1.74. The average Bonchev–Trinajstić information content (AvgIpc) is 3.27. The van der Waals surface area contributed by atoms with Gasteiger partial charge in [-0.1, -0.05) is 24.3 Å². The summed E-state index contributed by atoms with van der Waals surface area (Å²) in [6, 6.07) is 10.6. The summed E-state index contributed by atoms with van der Waals surface area (Å²) in [6.45, 7) is 6.65. The lowest BCUT2D eigenvalue weighted by Crippen LogP contribution is -2.15. The summed E-state index contributed by atoms with van der Waals surface area (Å²) in [7, 11) is 0. The summed E-state index contributed by atoms with van der Waals surface area (Å²) in [5.74, 6) is 0. The fourth-order valence-corrected chi connectivity index (χ4v) is 3.96. The van der Waals surface area contributed by atoms with Crippen LogP contribution in [-0.2, 0) is 19.6 Å². The number of imidazole rings is 1. The molecule has 0 aliphatic heterocycles. The molecular formula is C19H21N5S. The zero-order valence-electron chi connectivity index (χ0n) is 14.4. The van der Waals surface area contributed by atoms with Crippen LogP contribution in [0.2, 0.25) is 0 Å². The molecule has 25 heavy (non-hydrogen) atoms. The van der Waals surface area contributed by atoms with Crippen molar-refractivity contribution in [3.63, 3.8) is 0 Å². The van der Waals surface area contributed by atoms with Crippen molar-refractivity contribution in [3.05, 3.63) is 76.3 Å². The van der Waals surface area contributed by atoms with E-state index in [0.29, 0.717) is 0 Å². The fourth-order valence-electron chi connectivity index (χ4n) is 3.07. The van der Waals surface area contributed by atoms with E-state index in [-0.39, 0.29) is 0 Å². The highest BCUT2D eigenvalue weighted by molar-refractivity contribution is 7.17. The summed E-state index contributed by atoms with van der Waals surface area (Å²) in [5, 5.41) is 7.82. The summed E-state index contributed by atoms with van der Waals surface area (Å²) in [5.41, 5.74) is 4.89. The van der Waals surface area contributed by atoms with E-state index in [9.17, 15) is 0 Å². The second-order valence-corrected chi connectivity index (χ2v) is 7.48. The van der Waals surface area contributed by atoms with Gasteiger partial charge in [-0.3, -0.25) is 9.08 Å². The lowest BCUT2D eigenvalue weighted by molar-refractivity contribution is 0.666. The molecule has 0 radical (unpaired) electrons. The molecule has 0 aliphatic rings. The molecule has 0 atom stereocenters. The predicted octanol–water partition coefficient (Wildman–Crippen LogP) is 3.55. The summed E-state index contributed by atoms with van der Waals surface area (Å²) < 4.78 is 4.15. The number of nitrogens with one attached hydrogen (secondary N) is 1.